The fourth-order valence-corrected chi connectivity index (χ4v) is 4.20. The topological polar surface area (TPSA) is 79.8 Å². The van der Waals surface area contributed by atoms with Crippen LogP contribution in [-0.2, 0) is 11.3 Å². The lowest BCUT2D eigenvalue weighted by Crippen LogP contribution is -2.72. The minimum absolute atomic E-state index is 0.0150. The molecule has 5 rings (SSSR count). The van der Waals surface area contributed by atoms with Gasteiger partial charge in [0.15, 0.2) is 0 Å². The fourth-order valence-electron chi connectivity index (χ4n) is 4.20. The summed E-state index contributed by atoms with van der Waals surface area (Å²) in [5.41, 5.74) is 2.73. The molecule has 0 aliphatic carbocycles. The first-order valence-corrected chi connectivity index (χ1v) is 11.0. The maximum absolute atomic E-state index is 12.7. The molecule has 1 amide bonds. The van der Waals surface area contributed by atoms with Crippen LogP contribution in [0.4, 0.5) is 11.6 Å². The summed E-state index contributed by atoms with van der Waals surface area (Å²) in [4.78, 5) is 25.7. The Balaban J connectivity index is 1.24. The number of nitrogens with one attached hydrogen (secondary N) is 1. The molecule has 3 aliphatic rings. The number of ether oxygens (including phenoxy) is 2. The fraction of sp³-hybridized carbons (Fsp3) is 0.522. The van der Waals surface area contributed by atoms with Gasteiger partial charge in [0, 0.05) is 50.3 Å². The molecule has 3 aliphatic heterocycles. The van der Waals surface area contributed by atoms with Crippen molar-refractivity contribution in [2.24, 2.45) is 0 Å². The van der Waals surface area contributed by atoms with E-state index in [0.717, 1.165) is 37.4 Å². The number of aromatic nitrogens is 2. The van der Waals surface area contributed by atoms with Crippen molar-refractivity contribution in [2.45, 2.75) is 44.9 Å². The van der Waals surface area contributed by atoms with Crippen LogP contribution in [-0.4, -0.2) is 65.3 Å². The van der Waals surface area contributed by atoms with Crippen molar-refractivity contribution in [2.75, 3.05) is 43.1 Å². The third-order valence-electron chi connectivity index (χ3n) is 6.25. The van der Waals surface area contributed by atoms with Gasteiger partial charge in [-0.1, -0.05) is 0 Å². The van der Waals surface area contributed by atoms with Gasteiger partial charge in [0.1, 0.15) is 5.75 Å². The molecule has 3 saturated heterocycles. The second-order valence-electron chi connectivity index (χ2n) is 8.92. The minimum Gasteiger partial charge on any atom is -0.491 e. The molecule has 0 unspecified atom stereocenters. The highest BCUT2D eigenvalue weighted by Gasteiger charge is 2.53. The van der Waals surface area contributed by atoms with Crippen LogP contribution in [0.3, 0.4) is 0 Å². The average Bonchev–Trinajstić information content (AvgIpc) is 2.63. The van der Waals surface area contributed by atoms with E-state index in [1.807, 2.05) is 18.7 Å². The summed E-state index contributed by atoms with van der Waals surface area (Å²) in [6.45, 7) is 8.86. The first-order valence-electron chi connectivity index (χ1n) is 11.0. The van der Waals surface area contributed by atoms with Crippen molar-refractivity contribution >= 4 is 17.5 Å². The van der Waals surface area contributed by atoms with Crippen LogP contribution in [0.25, 0.3) is 0 Å². The smallest absolute Gasteiger partial charge is 0.257 e. The van der Waals surface area contributed by atoms with Gasteiger partial charge in [0.05, 0.1) is 30.4 Å². The summed E-state index contributed by atoms with van der Waals surface area (Å²) < 4.78 is 11.2. The molecule has 0 bridgehead atoms. The van der Waals surface area contributed by atoms with Gasteiger partial charge in [-0.2, -0.15) is 0 Å². The molecule has 1 N–H and O–H groups in total. The monoisotopic (exact) mass is 423 g/mol. The van der Waals surface area contributed by atoms with E-state index in [-0.39, 0.29) is 17.6 Å². The predicted octanol–water partition coefficient (Wildman–Crippen LogP) is 2.70. The quantitative estimate of drug-likeness (QED) is 0.733. The lowest BCUT2D eigenvalue weighted by molar-refractivity contribution is -0.172. The Morgan fingerprint density at radius 2 is 1.97 bits per heavy atom. The van der Waals surface area contributed by atoms with Crippen LogP contribution >= 0.6 is 0 Å². The third kappa shape index (κ3) is 3.92. The average molecular weight is 424 g/mol. The Morgan fingerprint density at radius 1 is 1.19 bits per heavy atom. The lowest BCUT2D eigenvalue weighted by Gasteiger charge is -2.57. The molecule has 2 aromatic rings. The second-order valence-corrected chi connectivity index (χ2v) is 8.92. The summed E-state index contributed by atoms with van der Waals surface area (Å²) in [5.74, 6) is 1.36. The summed E-state index contributed by atoms with van der Waals surface area (Å²) in [6.07, 6.45) is 5.57. The molecule has 8 nitrogen and oxygen atoms in total. The van der Waals surface area contributed by atoms with Crippen LogP contribution in [0.5, 0.6) is 5.75 Å². The molecule has 0 radical (unpaired) electrons. The molecule has 0 atom stereocenters. The van der Waals surface area contributed by atoms with E-state index >= 15 is 0 Å². The lowest BCUT2D eigenvalue weighted by atomic mass is 9.82. The number of amides is 1. The molecule has 164 valence electrons. The molecular weight excluding hydrogens is 394 g/mol. The van der Waals surface area contributed by atoms with Crippen LogP contribution < -0.4 is 15.0 Å². The molecule has 8 heteroatoms. The largest absolute Gasteiger partial charge is 0.491 e. The Bertz CT molecular complexity index is 949. The van der Waals surface area contributed by atoms with E-state index in [2.05, 4.69) is 38.4 Å². The zero-order valence-corrected chi connectivity index (χ0v) is 18.1. The summed E-state index contributed by atoms with van der Waals surface area (Å²) >= 11 is 0. The highest BCUT2D eigenvalue weighted by Crippen LogP contribution is 2.38. The number of likely N-dealkylation sites (tertiary alicyclic amines) is 1. The van der Waals surface area contributed by atoms with Gasteiger partial charge in [-0.3, -0.25) is 4.79 Å². The zero-order valence-electron chi connectivity index (χ0n) is 18.1. The Labute approximate surface area is 182 Å². The molecule has 4 heterocycles. The molecule has 1 aromatic heterocycles. The van der Waals surface area contributed by atoms with Crippen LogP contribution in [0.1, 0.15) is 42.6 Å². The number of rotatable bonds is 7. The Kier molecular flexibility index (Phi) is 5.17. The number of benzene rings is 1. The molecule has 31 heavy (non-hydrogen) atoms. The van der Waals surface area contributed by atoms with Gasteiger partial charge >= 0.3 is 0 Å². The van der Waals surface area contributed by atoms with E-state index in [9.17, 15) is 4.79 Å². The zero-order chi connectivity index (χ0) is 21.4. The molecule has 1 aromatic carbocycles. The minimum atomic E-state index is -0.0781. The van der Waals surface area contributed by atoms with E-state index < -0.39 is 0 Å². The van der Waals surface area contributed by atoms with Crippen molar-refractivity contribution < 1.29 is 14.3 Å². The number of carbonyl (C=O) groups excluding carboxylic acids is 1. The highest BCUT2D eigenvalue weighted by molar-refractivity contribution is 5.95. The number of hydrogen-bond donors (Lipinski definition) is 1. The number of nitrogens with zero attached hydrogens (tertiary/aromatic N) is 4. The first-order chi connectivity index (χ1) is 15.0. The first kappa shape index (κ1) is 20.1. The van der Waals surface area contributed by atoms with Gasteiger partial charge in [-0.15, -0.1) is 0 Å². The number of anilines is 2. The Morgan fingerprint density at radius 3 is 2.52 bits per heavy atom. The summed E-state index contributed by atoms with van der Waals surface area (Å²) in [6, 6.07) is 6.34. The van der Waals surface area contributed by atoms with E-state index in [1.165, 1.54) is 12.1 Å². The number of hydrogen-bond acceptors (Lipinski definition) is 7. The van der Waals surface area contributed by atoms with Gasteiger partial charge in [0.2, 0.25) is 5.95 Å². The van der Waals surface area contributed by atoms with Gasteiger partial charge in [0.25, 0.3) is 5.91 Å². The molecular formula is C23H29N5O3. The highest BCUT2D eigenvalue weighted by atomic mass is 16.5. The SMILES string of the molecule is CC(C)Oc1cc(CNc2ncc(C(=O)N3CCC34COC4)cn2)cc(N2CCC2)c1. The molecule has 1 spiro atoms. The Hall–Kier alpha value is -2.87. The van der Waals surface area contributed by atoms with E-state index in [1.54, 1.807) is 12.4 Å². The standard InChI is InChI=1S/C23H29N5O3/c1-16(2)31-20-9-17(8-19(10-20)27-5-3-6-27)11-24-22-25-12-18(13-26-22)21(29)28-7-4-23(28)14-30-15-23/h8-10,12-13,16H,3-7,11,14-15H2,1-2H3,(H,24,25,26). The van der Waals surface area contributed by atoms with E-state index in [0.29, 0.717) is 31.3 Å². The van der Waals surface area contributed by atoms with Crippen molar-refractivity contribution in [3.05, 3.63) is 41.7 Å². The van der Waals surface area contributed by atoms with Crippen LogP contribution in [0, 0.1) is 0 Å². The van der Waals surface area contributed by atoms with Gasteiger partial charge in [-0.05, 0) is 44.4 Å². The van der Waals surface area contributed by atoms with Crippen molar-refractivity contribution in [1.29, 1.82) is 0 Å². The molecule has 3 fully saturated rings. The van der Waals surface area contributed by atoms with E-state index in [4.69, 9.17) is 9.47 Å². The second kappa shape index (κ2) is 8.00. The van der Waals surface area contributed by atoms with Crippen LogP contribution in [0.15, 0.2) is 30.6 Å². The maximum atomic E-state index is 12.7. The predicted molar refractivity (Wildman–Crippen MR) is 118 cm³/mol. The maximum Gasteiger partial charge on any atom is 0.257 e. The van der Waals surface area contributed by atoms with Crippen molar-refractivity contribution in [1.82, 2.24) is 14.9 Å². The summed E-state index contributed by atoms with van der Waals surface area (Å²) in [5, 5.41) is 3.26. The van der Waals surface area contributed by atoms with Crippen molar-refractivity contribution in [3.63, 3.8) is 0 Å². The summed E-state index contributed by atoms with van der Waals surface area (Å²) in [7, 11) is 0. The van der Waals surface area contributed by atoms with Crippen LogP contribution in [0.2, 0.25) is 0 Å². The van der Waals surface area contributed by atoms with Gasteiger partial charge in [-0.25, -0.2) is 9.97 Å². The third-order valence-corrected chi connectivity index (χ3v) is 6.25. The molecule has 0 saturated carbocycles. The normalized spacial score (nSPS) is 18.9. The van der Waals surface area contributed by atoms with Gasteiger partial charge < -0.3 is 24.6 Å². The van der Waals surface area contributed by atoms with Crippen molar-refractivity contribution in [3.8, 4) is 5.75 Å². The number of carbonyl (C=O) groups is 1.